The van der Waals surface area contributed by atoms with Crippen molar-refractivity contribution in [2.75, 3.05) is 0 Å². The van der Waals surface area contributed by atoms with Gasteiger partial charge in [0, 0.05) is 24.5 Å². The van der Waals surface area contributed by atoms with E-state index in [0.29, 0.717) is 17.9 Å². The van der Waals surface area contributed by atoms with Crippen LogP contribution in [0.1, 0.15) is 23.1 Å². The molecule has 0 saturated heterocycles. The average Bonchev–Trinajstić information content (AvgIpc) is 2.84. The summed E-state index contributed by atoms with van der Waals surface area (Å²) in [6.45, 7) is 3.32. The molecule has 5 heteroatoms. The maximum Gasteiger partial charge on any atom is 0.150 e. The fourth-order valence-corrected chi connectivity index (χ4v) is 2.13. The van der Waals surface area contributed by atoms with Gasteiger partial charge >= 0.3 is 0 Å². The molecule has 1 aromatic heterocycles. The molecule has 18 heavy (non-hydrogen) atoms. The number of rotatable bonds is 5. The van der Waals surface area contributed by atoms with E-state index in [2.05, 4.69) is 27.8 Å². The van der Waals surface area contributed by atoms with Crippen molar-refractivity contribution in [3.8, 4) is 5.75 Å². The standard InChI is InChI=1S/C13H13BrN2O2/c1-2-16-6-5-15-13(16)9-18-12-4-3-10(8-17)7-11(12)14/h3-8H,2,9H2,1H3. The van der Waals surface area contributed by atoms with Crippen LogP contribution in [0.5, 0.6) is 5.75 Å². The lowest BCUT2D eigenvalue weighted by molar-refractivity contribution is 0.112. The van der Waals surface area contributed by atoms with Gasteiger partial charge in [0.1, 0.15) is 24.5 Å². The lowest BCUT2D eigenvalue weighted by Crippen LogP contribution is -2.05. The summed E-state index contributed by atoms with van der Waals surface area (Å²) in [4.78, 5) is 14.9. The highest BCUT2D eigenvalue weighted by atomic mass is 79.9. The lowest BCUT2D eigenvalue weighted by atomic mass is 10.2. The van der Waals surface area contributed by atoms with Crippen molar-refractivity contribution in [3.05, 3.63) is 46.5 Å². The zero-order chi connectivity index (χ0) is 13.0. The minimum Gasteiger partial charge on any atom is -0.484 e. The summed E-state index contributed by atoms with van der Waals surface area (Å²) >= 11 is 3.38. The number of benzene rings is 1. The molecular formula is C13H13BrN2O2. The number of aldehydes is 1. The predicted molar refractivity (Wildman–Crippen MR) is 71.8 cm³/mol. The molecule has 0 radical (unpaired) electrons. The van der Waals surface area contributed by atoms with Crippen LogP contribution in [0.3, 0.4) is 0 Å². The molecule has 0 amide bonds. The third-order valence-electron chi connectivity index (χ3n) is 2.59. The first kappa shape index (κ1) is 12.8. The first-order valence-corrected chi connectivity index (χ1v) is 6.41. The van der Waals surface area contributed by atoms with Crippen LogP contribution >= 0.6 is 15.9 Å². The lowest BCUT2D eigenvalue weighted by Gasteiger charge is -2.09. The van der Waals surface area contributed by atoms with Crippen molar-refractivity contribution in [1.82, 2.24) is 9.55 Å². The molecule has 0 N–H and O–H groups in total. The Balaban J connectivity index is 2.08. The smallest absolute Gasteiger partial charge is 0.150 e. The zero-order valence-electron chi connectivity index (χ0n) is 9.97. The Bertz CT molecular complexity index is 552. The highest BCUT2D eigenvalue weighted by Crippen LogP contribution is 2.26. The van der Waals surface area contributed by atoms with Gasteiger partial charge in [0.15, 0.2) is 0 Å². The van der Waals surface area contributed by atoms with Gasteiger partial charge in [0.05, 0.1) is 4.47 Å². The fourth-order valence-electron chi connectivity index (χ4n) is 1.62. The van der Waals surface area contributed by atoms with Gasteiger partial charge in [-0.2, -0.15) is 0 Å². The first-order valence-electron chi connectivity index (χ1n) is 5.62. The van der Waals surface area contributed by atoms with Gasteiger partial charge in [0.2, 0.25) is 0 Å². The molecule has 1 heterocycles. The minimum atomic E-state index is 0.403. The van der Waals surface area contributed by atoms with Crippen LogP contribution in [0.4, 0.5) is 0 Å². The van der Waals surface area contributed by atoms with Gasteiger partial charge in [-0.3, -0.25) is 4.79 Å². The number of aromatic nitrogens is 2. The monoisotopic (exact) mass is 308 g/mol. The Morgan fingerprint density at radius 2 is 2.33 bits per heavy atom. The second-order valence-electron chi connectivity index (χ2n) is 3.73. The number of ether oxygens (including phenoxy) is 1. The first-order chi connectivity index (χ1) is 8.74. The van der Waals surface area contributed by atoms with Crippen LogP contribution < -0.4 is 4.74 Å². The number of aryl methyl sites for hydroxylation is 1. The van der Waals surface area contributed by atoms with E-state index in [4.69, 9.17) is 4.74 Å². The van der Waals surface area contributed by atoms with E-state index in [9.17, 15) is 4.79 Å². The van der Waals surface area contributed by atoms with Crippen LogP contribution in [0.25, 0.3) is 0 Å². The summed E-state index contributed by atoms with van der Waals surface area (Å²) in [5.74, 6) is 1.58. The Morgan fingerprint density at radius 3 is 3.00 bits per heavy atom. The number of hydrogen-bond donors (Lipinski definition) is 0. The Morgan fingerprint density at radius 1 is 1.50 bits per heavy atom. The minimum absolute atomic E-state index is 0.403. The van der Waals surface area contributed by atoms with Gasteiger partial charge in [0.25, 0.3) is 0 Å². The van der Waals surface area contributed by atoms with Crippen molar-refractivity contribution in [3.63, 3.8) is 0 Å². The summed E-state index contributed by atoms with van der Waals surface area (Å²) in [5, 5.41) is 0. The van der Waals surface area contributed by atoms with Crippen molar-refractivity contribution >= 4 is 22.2 Å². The van der Waals surface area contributed by atoms with Crippen LogP contribution in [-0.2, 0) is 13.2 Å². The van der Waals surface area contributed by atoms with E-state index in [1.54, 1.807) is 24.4 Å². The maximum absolute atomic E-state index is 10.6. The van der Waals surface area contributed by atoms with Crippen LogP contribution in [-0.4, -0.2) is 15.8 Å². The Labute approximate surface area is 114 Å². The van der Waals surface area contributed by atoms with Crippen molar-refractivity contribution < 1.29 is 9.53 Å². The number of halogens is 1. The van der Waals surface area contributed by atoms with Gasteiger partial charge in [-0.1, -0.05) is 0 Å². The number of carbonyl (C=O) groups excluding carboxylic acids is 1. The molecule has 0 aliphatic rings. The maximum atomic E-state index is 10.6. The van der Waals surface area contributed by atoms with Crippen LogP contribution in [0.15, 0.2) is 35.1 Å². The summed E-state index contributed by atoms with van der Waals surface area (Å²) < 4.78 is 8.46. The molecule has 2 aromatic rings. The normalized spacial score (nSPS) is 10.3. The van der Waals surface area contributed by atoms with Gasteiger partial charge in [-0.05, 0) is 41.1 Å². The number of nitrogens with zero attached hydrogens (tertiary/aromatic N) is 2. The molecule has 0 saturated carbocycles. The molecule has 0 atom stereocenters. The molecule has 0 bridgehead atoms. The van der Waals surface area contributed by atoms with Crippen LogP contribution in [0.2, 0.25) is 0 Å². The largest absolute Gasteiger partial charge is 0.484 e. The van der Waals surface area contributed by atoms with Crippen molar-refractivity contribution in [2.24, 2.45) is 0 Å². The summed E-state index contributed by atoms with van der Waals surface area (Å²) in [6, 6.07) is 5.22. The number of imidazole rings is 1. The second kappa shape index (κ2) is 5.82. The quantitative estimate of drug-likeness (QED) is 0.797. The summed E-state index contributed by atoms with van der Waals surface area (Å²) in [7, 11) is 0. The van der Waals surface area contributed by atoms with E-state index in [1.165, 1.54) is 0 Å². The third-order valence-corrected chi connectivity index (χ3v) is 3.21. The highest BCUT2D eigenvalue weighted by Gasteiger charge is 2.05. The van der Waals surface area contributed by atoms with E-state index >= 15 is 0 Å². The second-order valence-corrected chi connectivity index (χ2v) is 4.58. The molecule has 0 spiro atoms. The molecule has 0 aliphatic carbocycles. The Kier molecular flexibility index (Phi) is 4.15. The van der Waals surface area contributed by atoms with Crippen molar-refractivity contribution in [1.29, 1.82) is 0 Å². The molecule has 0 aliphatic heterocycles. The molecule has 0 fully saturated rings. The van der Waals surface area contributed by atoms with Crippen molar-refractivity contribution in [2.45, 2.75) is 20.1 Å². The number of hydrogen-bond acceptors (Lipinski definition) is 3. The zero-order valence-corrected chi connectivity index (χ0v) is 11.6. The van der Waals surface area contributed by atoms with Gasteiger partial charge < -0.3 is 9.30 Å². The average molecular weight is 309 g/mol. The SMILES string of the molecule is CCn1ccnc1COc1ccc(C=O)cc1Br. The Hall–Kier alpha value is -1.62. The third kappa shape index (κ3) is 2.79. The van der Waals surface area contributed by atoms with Gasteiger partial charge in [-0.15, -0.1) is 0 Å². The van der Waals surface area contributed by atoms with E-state index in [-0.39, 0.29) is 0 Å². The summed E-state index contributed by atoms with van der Waals surface area (Å²) in [5.41, 5.74) is 0.615. The molecular weight excluding hydrogens is 296 g/mol. The van der Waals surface area contributed by atoms with Gasteiger partial charge in [-0.25, -0.2) is 4.98 Å². The molecule has 1 aromatic carbocycles. The topological polar surface area (TPSA) is 44.1 Å². The van der Waals surface area contributed by atoms with E-state index in [0.717, 1.165) is 23.1 Å². The predicted octanol–water partition coefficient (Wildman–Crippen LogP) is 3.06. The number of carbonyl (C=O) groups is 1. The van der Waals surface area contributed by atoms with Crippen LogP contribution in [0, 0.1) is 0 Å². The molecule has 2 rings (SSSR count). The van der Waals surface area contributed by atoms with E-state index < -0.39 is 0 Å². The molecule has 4 nitrogen and oxygen atoms in total. The fraction of sp³-hybridized carbons (Fsp3) is 0.231. The summed E-state index contributed by atoms with van der Waals surface area (Å²) in [6.07, 6.45) is 4.48. The molecule has 94 valence electrons. The molecule has 0 unspecified atom stereocenters. The highest BCUT2D eigenvalue weighted by molar-refractivity contribution is 9.10. The van der Waals surface area contributed by atoms with E-state index in [1.807, 2.05) is 10.8 Å².